The molecule has 1 aliphatic rings. The number of nitrogens with one attached hydrogen (secondary N) is 1. The summed E-state index contributed by atoms with van der Waals surface area (Å²) in [6.07, 6.45) is -3.07. The number of alkyl halides is 3. The van der Waals surface area contributed by atoms with Crippen molar-refractivity contribution in [1.82, 2.24) is 10.3 Å². The Labute approximate surface area is 96.0 Å². The fourth-order valence-corrected chi connectivity index (χ4v) is 1.68. The molecule has 0 saturated heterocycles. The number of carbonyl (C=O) groups is 1. The number of hydrogen-bond donors (Lipinski definition) is 1. The van der Waals surface area contributed by atoms with Gasteiger partial charge in [-0.2, -0.15) is 13.2 Å². The monoisotopic (exact) mass is 244 g/mol. The zero-order chi connectivity index (χ0) is 12.5. The molecule has 0 spiro atoms. The standard InChI is InChI=1S/C11H11F3N2O/c12-11(13,14)7-10(4-5-10)16-9(17)8-3-1-2-6-15-8/h1-3,6H,4-5,7H2,(H,16,17). The van der Waals surface area contributed by atoms with Gasteiger partial charge < -0.3 is 5.32 Å². The number of hydrogen-bond acceptors (Lipinski definition) is 2. The third-order valence-electron chi connectivity index (χ3n) is 2.67. The van der Waals surface area contributed by atoms with E-state index in [0.29, 0.717) is 12.8 Å². The SMILES string of the molecule is O=C(NC1(CC(F)(F)F)CC1)c1ccccn1. The van der Waals surface area contributed by atoms with Crippen LogP contribution < -0.4 is 5.32 Å². The van der Waals surface area contributed by atoms with Crippen LogP contribution in [0, 0.1) is 0 Å². The Kier molecular flexibility index (Phi) is 2.81. The molecule has 1 saturated carbocycles. The van der Waals surface area contributed by atoms with Crippen LogP contribution in [0.15, 0.2) is 24.4 Å². The first kappa shape index (κ1) is 11.9. The molecule has 0 aromatic carbocycles. The van der Waals surface area contributed by atoms with Crippen LogP contribution in [-0.2, 0) is 0 Å². The maximum Gasteiger partial charge on any atom is 0.391 e. The lowest BCUT2D eigenvalue weighted by molar-refractivity contribution is -0.141. The Balaban J connectivity index is 2.00. The number of rotatable bonds is 3. The third kappa shape index (κ3) is 3.18. The molecule has 1 heterocycles. The van der Waals surface area contributed by atoms with Crippen LogP contribution in [0.3, 0.4) is 0 Å². The second kappa shape index (κ2) is 4.01. The summed E-state index contributed by atoms with van der Waals surface area (Å²) in [6.45, 7) is 0. The van der Waals surface area contributed by atoms with Crippen LogP contribution in [0.5, 0.6) is 0 Å². The number of halogens is 3. The van der Waals surface area contributed by atoms with Crippen LogP contribution in [0.25, 0.3) is 0 Å². The first-order chi connectivity index (χ1) is 7.90. The molecular weight excluding hydrogens is 233 g/mol. The molecule has 2 rings (SSSR count). The number of aromatic nitrogens is 1. The van der Waals surface area contributed by atoms with Gasteiger partial charge in [0.15, 0.2) is 0 Å². The lowest BCUT2D eigenvalue weighted by atomic mass is 10.1. The molecule has 1 N–H and O–H groups in total. The van der Waals surface area contributed by atoms with Gasteiger partial charge in [-0.3, -0.25) is 9.78 Å². The molecule has 1 aliphatic carbocycles. The van der Waals surface area contributed by atoms with E-state index < -0.39 is 24.0 Å². The minimum Gasteiger partial charge on any atom is -0.345 e. The molecule has 17 heavy (non-hydrogen) atoms. The Morgan fingerprint density at radius 2 is 2.12 bits per heavy atom. The number of nitrogens with zero attached hydrogens (tertiary/aromatic N) is 1. The van der Waals surface area contributed by atoms with Crippen molar-refractivity contribution < 1.29 is 18.0 Å². The number of pyridine rings is 1. The molecule has 6 heteroatoms. The zero-order valence-corrected chi connectivity index (χ0v) is 8.92. The quantitative estimate of drug-likeness (QED) is 0.886. The molecule has 1 aromatic rings. The van der Waals surface area contributed by atoms with Crippen molar-refractivity contribution in [3.8, 4) is 0 Å². The third-order valence-corrected chi connectivity index (χ3v) is 2.67. The van der Waals surface area contributed by atoms with Crippen LogP contribution in [-0.4, -0.2) is 22.6 Å². The minimum absolute atomic E-state index is 0.140. The van der Waals surface area contributed by atoms with Gasteiger partial charge in [-0.1, -0.05) is 6.07 Å². The average Bonchev–Trinajstić information content (AvgIpc) is 2.96. The van der Waals surface area contributed by atoms with Crippen molar-refractivity contribution in [3.05, 3.63) is 30.1 Å². The van der Waals surface area contributed by atoms with E-state index in [0.717, 1.165) is 0 Å². The predicted octanol–water partition coefficient (Wildman–Crippen LogP) is 2.30. The van der Waals surface area contributed by atoms with E-state index in [-0.39, 0.29) is 5.69 Å². The van der Waals surface area contributed by atoms with Crippen molar-refractivity contribution >= 4 is 5.91 Å². The highest BCUT2D eigenvalue weighted by Gasteiger charge is 2.51. The van der Waals surface area contributed by atoms with Crippen molar-refractivity contribution in [1.29, 1.82) is 0 Å². The summed E-state index contributed by atoms with van der Waals surface area (Å²) < 4.78 is 36.8. The van der Waals surface area contributed by atoms with Crippen LogP contribution in [0.2, 0.25) is 0 Å². The van der Waals surface area contributed by atoms with E-state index in [1.807, 2.05) is 0 Å². The van der Waals surface area contributed by atoms with Gasteiger partial charge in [0.25, 0.3) is 5.91 Å². The van der Waals surface area contributed by atoms with Crippen LogP contribution in [0.4, 0.5) is 13.2 Å². The maximum atomic E-state index is 12.3. The molecule has 0 radical (unpaired) electrons. The van der Waals surface area contributed by atoms with E-state index >= 15 is 0 Å². The topological polar surface area (TPSA) is 42.0 Å². The maximum absolute atomic E-state index is 12.3. The molecule has 0 bridgehead atoms. The molecule has 1 fully saturated rings. The Morgan fingerprint density at radius 1 is 1.41 bits per heavy atom. The van der Waals surface area contributed by atoms with E-state index in [1.54, 1.807) is 12.1 Å². The van der Waals surface area contributed by atoms with Gasteiger partial charge in [0.2, 0.25) is 0 Å². The molecule has 0 unspecified atom stereocenters. The molecule has 3 nitrogen and oxygen atoms in total. The summed E-state index contributed by atoms with van der Waals surface area (Å²) in [6, 6.07) is 4.73. The number of amides is 1. The van der Waals surface area contributed by atoms with Gasteiger partial charge in [-0.05, 0) is 25.0 Å². The molecule has 0 aliphatic heterocycles. The normalized spacial score (nSPS) is 17.6. The van der Waals surface area contributed by atoms with Gasteiger partial charge in [-0.25, -0.2) is 0 Å². The highest BCUT2D eigenvalue weighted by molar-refractivity contribution is 5.92. The van der Waals surface area contributed by atoms with Gasteiger partial charge in [0, 0.05) is 11.7 Å². The smallest absolute Gasteiger partial charge is 0.345 e. The predicted molar refractivity (Wildman–Crippen MR) is 54.3 cm³/mol. The van der Waals surface area contributed by atoms with E-state index in [4.69, 9.17) is 0 Å². The van der Waals surface area contributed by atoms with Crippen molar-refractivity contribution in [2.75, 3.05) is 0 Å². The highest BCUT2D eigenvalue weighted by atomic mass is 19.4. The van der Waals surface area contributed by atoms with E-state index in [2.05, 4.69) is 10.3 Å². The molecule has 92 valence electrons. The molecule has 0 atom stereocenters. The lowest BCUT2D eigenvalue weighted by Gasteiger charge is -2.18. The molecule has 1 amide bonds. The summed E-state index contributed by atoms with van der Waals surface area (Å²) in [4.78, 5) is 15.4. The minimum atomic E-state index is -4.26. The molecular formula is C11H11F3N2O. The highest BCUT2D eigenvalue weighted by Crippen LogP contribution is 2.44. The summed E-state index contributed by atoms with van der Waals surface area (Å²) in [7, 11) is 0. The largest absolute Gasteiger partial charge is 0.391 e. The zero-order valence-electron chi connectivity index (χ0n) is 8.92. The van der Waals surface area contributed by atoms with Crippen molar-refractivity contribution in [2.24, 2.45) is 0 Å². The fourth-order valence-electron chi connectivity index (χ4n) is 1.68. The first-order valence-corrected chi connectivity index (χ1v) is 5.21. The van der Waals surface area contributed by atoms with Gasteiger partial charge in [0.05, 0.1) is 6.42 Å². The van der Waals surface area contributed by atoms with Crippen LogP contribution >= 0.6 is 0 Å². The van der Waals surface area contributed by atoms with E-state index in [9.17, 15) is 18.0 Å². The van der Waals surface area contributed by atoms with E-state index in [1.165, 1.54) is 12.3 Å². The summed E-state index contributed by atoms with van der Waals surface area (Å²) >= 11 is 0. The summed E-state index contributed by atoms with van der Waals surface area (Å²) in [5, 5.41) is 2.42. The summed E-state index contributed by atoms with van der Waals surface area (Å²) in [5.74, 6) is -0.549. The second-order valence-electron chi connectivity index (χ2n) is 4.24. The van der Waals surface area contributed by atoms with Crippen molar-refractivity contribution in [2.45, 2.75) is 31.0 Å². The molecule has 1 aromatic heterocycles. The number of carbonyl (C=O) groups excluding carboxylic acids is 1. The van der Waals surface area contributed by atoms with Gasteiger partial charge in [-0.15, -0.1) is 0 Å². The van der Waals surface area contributed by atoms with Gasteiger partial charge in [0.1, 0.15) is 5.69 Å². The average molecular weight is 244 g/mol. The lowest BCUT2D eigenvalue weighted by Crippen LogP contribution is -2.40. The van der Waals surface area contributed by atoms with Crippen molar-refractivity contribution in [3.63, 3.8) is 0 Å². The van der Waals surface area contributed by atoms with Gasteiger partial charge >= 0.3 is 6.18 Å². The fraction of sp³-hybridized carbons (Fsp3) is 0.455. The summed E-state index contributed by atoms with van der Waals surface area (Å²) in [5.41, 5.74) is -0.965. The second-order valence-corrected chi connectivity index (χ2v) is 4.24. The Morgan fingerprint density at radius 3 is 2.59 bits per heavy atom. The van der Waals surface area contributed by atoms with Crippen LogP contribution in [0.1, 0.15) is 29.8 Å². The first-order valence-electron chi connectivity index (χ1n) is 5.21. The Bertz CT molecular complexity index is 412. The Hall–Kier alpha value is -1.59.